The quantitative estimate of drug-likeness (QED) is 0.633. The van der Waals surface area contributed by atoms with E-state index in [0.717, 1.165) is 13.0 Å². The molecule has 2 heteroatoms. The Morgan fingerprint density at radius 2 is 1.47 bits per heavy atom. The summed E-state index contributed by atoms with van der Waals surface area (Å²) in [6.07, 6.45) is 1.75. The third-order valence-corrected chi connectivity index (χ3v) is 4.28. The minimum atomic E-state index is 0.261. The summed E-state index contributed by atoms with van der Waals surface area (Å²) in [5.41, 5.74) is 0.542. The van der Waals surface area contributed by atoms with Gasteiger partial charge < -0.3 is 4.90 Å². The van der Waals surface area contributed by atoms with E-state index in [-0.39, 0.29) is 10.8 Å². The van der Waals surface area contributed by atoms with Crippen LogP contribution < -0.4 is 0 Å². The van der Waals surface area contributed by atoms with Crippen molar-refractivity contribution < 1.29 is 4.79 Å². The van der Waals surface area contributed by atoms with Gasteiger partial charge in [-0.2, -0.15) is 0 Å². The van der Waals surface area contributed by atoms with Crippen LogP contribution in [0.1, 0.15) is 54.4 Å². The summed E-state index contributed by atoms with van der Waals surface area (Å²) in [5, 5.41) is 0. The molecular weight excluding hydrogens is 210 g/mol. The molecule has 1 amide bonds. The molecule has 2 unspecified atom stereocenters. The fraction of sp³-hybridized carbons (Fsp3) is 0.933. The van der Waals surface area contributed by atoms with Crippen molar-refractivity contribution in [1.29, 1.82) is 0 Å². The summed E-state index contributed by atoms with van der Waals surface area (Å²) in [7, 11) is 1.95. The van der Waals surface area contributed by atoms with E-state index in [4.69, 9.17) is 0 Å². The number of likely N-dealkylation sites (tertiary alicyclic amines) is 1. The monoisotopic (exact) mass is 239 g/mol. The number of hydrogen-bond acceptors (Lipinski definition) is 1. The van der Waals surface area contributed by atoms with Crippen molar-refractivity contribution in [2.75, 3.05) is 13.6 Å². The Balaban J connectivity index is 3.03. The zero-order valence-corrected chi connectivity index (χ0v) is 12.6. The molecule has 1 aliphatic rings. The van der Waals surface area contributed by atoms with E-state index in [0.29, 0.717) is 24.2 Å². The van der Waals surface area contributed by atoms with Crippen molar-refractivity contribution in [2.24, 2.45) is 22.7 Å². The highest BCUT2D eigenvalue weighted by Gasteiger charge is 2.41. The van der Waals surface area contributed by atoms with Gasteiger partial charge in [-0.15, -0.1) is 0 Å². The molecule has 1 rings (SSSR count). The molecule has 1 fully saturated rings. The third kappa shape index (κ3) is 3.46. The Morgan fingerprint density at radius 3 is 1.88 bits per heavy atom. The predicted molar refractivity (Wildman–Crippen MR) is 72.8 cm³/mol. The van der Waals surface area contributed by atoms with Gasteiger partial charge in [-0.1, -0.05) is 41.5 Å². The smallest absolute Gasteiger partial charge is 0.222 e. The van der Waals surface area contributed by atoms with Crippen LogP contribution in [0.4, 0.5) is 0 Å². The fourth-order valence-electron chi connectivity index (χ4n) is 3.11. The summed E-state index contributed by atoms with van der Waals surface area (Å²) in [5.74, 6) is 1.52. The molecule has 0 aromatic heterocycles. The topological polar surface area (TPSA) is 20.3 Å². The molecular formula is C15H29NO. The average Bonchev–Trinajstić information content (AvgIpc) is 2.25. The second kappa shape index (κ2) is 4.62. The van der Waals surface area contributed by atoms with Gasteiger partial charge in [-0.25, -0.2) is 0 Å². The summed E-state index contributed by atoms with van der Waals surface area (Å²) in [6.45, 7) is 14.8. The minimum absolute atomic E-state index is 0.261. The second-order valence-electron chi connectivity index (χ2n) is 7.76. The van der Waals surface area contributed by atoms with E-state index in [2.05, 4.69) is 41.5 Å². The van der Waals surface area contributed by atoms with Crippen molar-refractivity contribution in [3.8, 4) is 0 Å². The lowest BCUT2D eigenvalue weighted by atomic mass is 9.63. The van der Waals surface area contributed by atoms with Crippen molar-refractivity contribution in [3.63, 3.8) is 0 Å². The third-order valence-electron chi connectivity index (χ3n) is 4.28. The van der Waals surface area contributed by atoms with Crippen LogP contribution in [0.5, 0.6) is 0 Å². The number of carbonyl (C=O) groups excluding carboxylic acids is 1. The van der Waals surface area contributed by atoms with E-state index in [1.807, 2.05) is 11.9 Å². The molecule has 0 N–H and O–H groups in total. The fourth-order valence-corrected chi connectivity index (χ4v) is 3.11. The Bertz CT molecular complexity index is 282. The van der Waals surface area contributed by atoms with Crippen LogP contribution in [-0.2, 0) is 4.79 Å². The molecule has 0 aliphatic carbocycles. The maximum Gasteiger partial charge on any atom is 0.222 e. The Morgan fingerprint density at radius 1 is 1.00 bits per heavy atom. The van der Waals surface area contributed by atoms with Crippen molar-refractivity contribution in [1.82, 2.24) is 4.90 Å². The molecule has 0 aromatic carbocycles. The van der Waals surface area contributed by atoms with Crippen LogP contribution >= 0.6 is 0 Å². The molecule has 1 saturated heterocycles. The summed E-state index contributed by atoms with van der Waals surface area (Å²) in [6, 6.07) is 0. The number of nitrogens with zero attached hydrogens (tertiary/aromatic N) is 1. The van der Waals surface area contributed by atoms with Crippen LogP contribution in [0.15, 0.2) is 0 Å². The molecule has 0 radical (unpaired) electrons. The van der Waals surface area contributed by atoms with E-state index < -0.39 is 0 Å². The number of rotatable bonds is 0. The van der Waals surface area contributed by atoms with Crippen LogP contribution in [0.25, 0.3) is 0 Å². The molecule has 2 nitrogen and oxygen atoms in total. The van der Waals surface area contributed by atoms with Crippen LogP contribution in [0.2, 0.25) is 0 Å². The molecule has 1 heterocycles. The molecule has 0 saturated carbocycles. The second-order valence-corrected chi connectivity index (χ2v) is 7.76. The van der Waals surface area contributed by atoms with Crippen LogP contribution in [-0.4, -0.2) is 24.4 Å². The van der Waals surface area contributed by atoms with E-state index in [9.17, 15) is 4.79 Å². The van der Waals surface area contributed by atoms with Gasteiger partial charge in [0.25, 0.3) is 0 Å². The van der Waals surface area contributed by atoms with Gasteiger partial charge in [-0.3, -0.25) is 4.79 Å². The summed E-state index contributed by atoms with van der Waals surface area (Å²) in [4.78, 5) is 13.8. The van der Waals surface area contributed by atoms with Crippen LogP contribution in [0.3, 0.4) is 0 Å². The standard InChI is InChI=1S/C15H29NO/c1-14(2,3)11-8-9-13(17)16(7)10-12(11)15(4,5)6/h11-12H,8-10H2,1-7H3. The lowest BCUT2D eigenvalue weighted by molar-refractivity contribution is -0.129. The first-order valence-corrected chi connectivity index (χ1v) is 6.77. The SMILES string of the molecule is CN1CC(C(C)(C)C)C(C(C)(C)C)CCC1=O. The van der Waals surface area contributed by atoms with Crippen molar-refractivity contribution >= 4 is 5.91 Å². The van der Waals surface area contributed by atoms with Gasteiger partial charge in [-0.05, 0) is 29.1 Å². The average molecular weight is 239 g/mol. The van der Waals surface area contributed by atoms with Crippen molar-refractivity contribution in [3.05, 3.63) is 0 Å². The molecule has 17 heavy (non-hydrogen) atoms. The Hall–Kier alpha value is -0.530. The zero-order chi connectivity index (χ0) is 13.4. The lowest BCUT2D eigenvalue weighted by Crippen LogP contribution is -2.41. The summed E-state index contributed by atoms with van der Waals surface area (Å²) < 4.78 is 0. The number of amides is 1. The lowest BCUT2D eigenvalue weighted by Gasteiger charge is -2.43. The minimum Gasteiger partial charge on any atom is -0.345 e. The normalized spacial score (nSPS) is 28.2. The molecule has 0 spiro atoms. The Labute approximate surface area is 107 Å². The van der Waals surface area contributed by atoms with Gasteiger partial charge >= 0.3 is 0 Å². The summed E-state index contributed by atoms with van der Waals surface area (Å²) >= 11 is 0. The highest BCUT2D eigenvalue weighted by Crippen LogP contribution is 2.45. The first-order chi connectivity index (χ1) is 7.53. The van der Waals surface area contributed by atoms with Crippen LogP contribution in [0, 0.1) is 22.7 Å². The predicted octanol–water partition coefficient (Wildman–Crippen LogP) is 3.56. The van der Waals surface area contributed by atoms with Gasteiger partial charge in [0.05, 0.1) is 0 Å². The molecule has 100 valence electrons. The van der Waals surface area contributed by atoms with E-state index >= 15 is 0 Å². The molecule has 0 bridgehead atoms. The van der Waals surface area contributed by atoms with Crippen molar-refractivity contribution in [2.45, 2.75) is 54.4 Å². The maximum atomic E-state index is 11.9. The van der Waals surface area contributed by atoms with Gasteiger partial charge in [0, 0.05) is 20.0 Å². The number of hydrogen-bond donors (Lipinski definition) is 0. The van der Waals surface area contributed by atoms with E-state index in [1.165, 1.54) is 0 Å². The molecule has 0 aromatic rings. The highest BCUT2D eigenvalue weighted by molar-refractivity contribution is 5.76. The van der Waals surface area contributed by atoms with Gasteiger partial charge in [0.2, 0.25) is 5.91 Å². The molecule has 1 aliphatic heterocycles. The zero-order valence-electron chi connectivity index (χ0n) is 12.6. The van der Waals surface area contributed by atoms with Gasteiger partial charge in [0.1, 0.15) is 0 Å². The maximum absolute atomic E-state index is 11.9. The Kier molecular flexibility index (Phi) is 3.95. The highest BCUT2D eigenvalue weighted by atomic mass is 16.2. The first kappa shape index (κ1) is 14.5. The van der Waals surface area contributed by atoms with Gasteiger partial charge in [0.15, 0.2) is 0 Å². The molecule has 2 atom stereocenters. The largest absolute Gasteiger partial charge is 0.345 e. The number of carbonyl (C=O) groups is 1. The first-order valence-electron chi connectivity index (χ1n) is 6.77. The van der Waals surface area contributed by atoms with E-state index in [1.54, 1.807) is 0 Å².